The number of nitrogens with zero attached hydrogens (tertiary/aromatic N) is 2. The topological polar surface area (TPSA) is 133 Å². The molecule has 3 rings (SSSR count). The first-order chi connectivity index (χ1) is 15.0. The lowest BCUT2D eigenvalue weighted by Gasteiger charge is -2.16. The number of hydrazine groups is 1. The Morgan fingerprint density at radius 3 is 2.35 bits per heavy atom. The van der Waals surface area contributed by atoms with Crippen LogP contribution in [-0.2, 0) is 0 Å². The molecule has 162 valence electrons. The summed E-state index contributed by atoms with van der Waals surface area (Å²) in [5, 5.41) is 3.42. The van der Waals surface area contributed by atoms with E-state index in [-0.39, 0.29) is 17.3 Å². The van der Waals surface area contributed by atoms with Crippen LogP contribution in [0.5, 0.6) is 17.2 Å². The molecule has 5 N–H and O–H groups in total. The molecule has 1 heterocycles. The zero-order chi connectivity index (χ0) is 22.4. The van der Waals surface area contributed by atoms with E-state index in [9.17, 15) is 4.79 Å². The number of carbonyl (C=O) groups excluding carboxylic acids is 1. The van der Waals surface area contributed by atoms with Gasteiger partial charge in [-0.15, -0.1) is 0 Å². The molecule has 11 heteroatoms. The zero-order valence-corrected chi connectivity index (χ0v) is 17.8. The molecule has 0 spiro atoms. The summed E-state index contributed by atoms with van der Waals surface area (Å²) in [7, 11) is 4.50. The first-order valence-electron chi connectivity index (χ1n) is 8.96. The van der Waals surface area contributed by atoms with E-state index in [2.05, 4.69) is 26.1 Å². The monoisotopic (exact) mass is 444 g/mol. The van der Waals surface area contributed by atoms with Crippen LogP contribution in [-0.4, -0.2) is 37.2 Å². The van der Waals surface area contributed by atoms with Gasteiger partial charge in [-0.05, 0) is 18.2 Å². The predicted octanol–water partition coefficient (Wildman–Crippen LogP) is 3.24. The second-order valence-electron chi connectivity index (χ2n) is 6.08. The molecule has 0 radical (unpaired) electrons. The van der Waals surface area contributed by atoms with Gasteiger partial charge in [-0.3, -0.25) is 15.6 Å². The minimum absolute atomic E-state index is 0.164. The summed E-state index contributed by atoms with van der Waals surface area (Å²) >= 11 is 6.21. The third-order valence-electron chi connectivity index (χ3n) is 4.26. The molecule has 1 amide bonds. The Hall–Kier alpha value is -3.92. The molecular weight excluding hydrogens is 424 g/mol. The summed E-state index contributed by atoms with van der Waals surface area (Å²) in [5.41, 5.74) is 12.4. The van der Waals surface area contributed by atoms with Gasteiger partial charge in [0.2, 0.25) is 0 Å². The van der Waals surface area contributed by atoms with Crippen molar-refractivity contribution in [3.63, 3.8) is 0 Å². The molecule has 0 aliphatic rings. The number of halogens is 1. The molecule has 0 unspecified atom stereocenters. The quantitative estimate of drug-likeness (QED) is 0.386. The highest BCUT2D eigenvalue weighted by Crippen LogP contribution is 2.38. The number of hydrogen-bond acceptors (Lipinski definition) is 9. The maximum Gasteiger partial charge on any atom is 0.273 e. The molecule has 10 nitrogen and oxygen atoms in total. The van der Waals surface area contributed by atoms with Crippen LogP contribution in [0.15, 0.2) is 42.7 Å². The van der Waals surface area contributed by atoms with Gasteiger partial charge < -0.3 is 25.3 Å². The fourth-order valence-electron chi connectivity index (χ4n) is 2.70. The lowest BCUT2D eigenvalue weighted by atomic mass is 10.2. The number of nitrogen functional groups attached to an aromatic ring is 1. The second-order valence-corrected chi connectivity index (χ2v) is 6.48. The van der Waals surface area contributed by atoms with Crippen molar-refractivity contribution < 1.29 is 19.0 Å². The Balaban J connectivity index is 1.79. The number of amides is 1. The van der Waals surface area contributed by atoms with E-state index in [1.54, 1.807) is 36.4 Å². The summed E-state index contributed by atoms with van der Waals surface area (Å²) in [6, 6.07) is 10.1. The smallest absolute Gasteiger partial charge is 0.273 e. The molecule has 0 aliphatic carbocycles. The summed E-state index contributed by atoms with van der Waals surface area (Å²) in [6.45, 7) is 0. The molecule has 31 heavy (non-hydrogen) atoms. The minimum atomic E-state index is -0.423. The van der Waals surface area contributed by atoms with Gasteiger partial charge in [0, 0.05) is 6.07 Å². The third kappa shape index (κ3) is 4.81. The minimum Gasteiger partial charge on any atom is -0.496 e. The van der Waals surface area contributed by atoms with E-state index in [0.29, 0.717) is 33.5 Å². The van der Waals surface area contributed by atoms with Crippen LogP contribution in [0.3, 0.4) is 0 Å². The van der Waals surface area contributed by atoms with Crippen LogP contribution in [0, 0.1) is 0 Å². The van der Waals surface area contributed by atoms with Crippen molar-refractivity contribution in [2.75, 3.05) is 37.8 Å². The van der Waals surface area contributed by atoms with Gasteiger partial charge in [-0.25, -0.2) is 9.97 Å². The van der Waals surface area contributed by atoms with Crippen molar-refractivity contribution in [3.8, 4) is 17.2 Å². The maximum atomic E-state index is 12.5. The van der Waals surface area contributed by atoms with E-state index in [1.807, 2.05) is 0 Å². The van der Waals surface area contributed by atoms with Crippen molar-refractivity contribution in [1.82, 2.24) is 15.4 Å². The SMILES string of the molecule is COc1cc(OC)c(Nc2ncnc(NNC(=O)c3ccccc3OC)c2N)cc1Cl. The lowest BCUT2D eigenvalue weighted by Crippen LogP contribution is -2.30. The average molecular weight is 445 g/mol. The number of methoxy groups -OCH3 is 3. The predicted molar refractivity (Wildman–Crippen MR) is 118 cm³/mol. The van der Waals surface area contributed by atoms with E-state index in [0.717, 1.165) is 0 Å². The number of aromatic nitrogens is 2. The molecule has 0 bridgehead atoms. The van der Waals surface area contributed by atoms with Crippen LogP contribution in [0.4, 0.5) is 23.0 Å². The van der Waals surface area contributed by atoms with Gasteiger partial charge in [0.15, 0.2) is 11.6 Å². The van der Waals surface area contributed by atoms with Crippen molar-refractivity contribution in [3.05, 3.63) is 53.3 Å². The Morgan fingerprint density at radius 1 is 0.968 bits per heavy atom. The molecule has 0 saturated heterocycles. The number of para-hydroxylation sites is 1. The van der Waals surface area contributed by atoms with Crippen molar-refractivity contribution >= 4 is 40.5 Å². The summed E-state index contributed by atoms with van der Waals surface area (Å²) < 4.78 is 15.8. The highest BCUT2D eigenvalue weighted by atomic mass is 35.5. The second kappa shape index (κ2) is 9.72. The van der Waals surface area contributed by atoms with Gasteiger partial charge in [0.25, 0.3) is 5.91 Å². The number of hydrogen-bond donors (Lipinski definition) is 4. The fourth-order valence-corrected chi connectivity index (χ4v) is 2.94. The van der Waals surface area contributed by atoms with Crippen molar-refractivity contribution in [1.29, 1.82) is 0 Å². The van der Waals surface area contributed by atoms with Crippen LogP contribution in [0.2, 0.25) is 5.02 Å². The third-order valence-corrected chi connectivity index (χ3v) is 4.55. The number of anilines is 4. The zero-order valence-electron chi connectivity index (χ0n) is 17.0. The number of benzene rings is 2. The molecule has 0 aliphatic heterocycles. The number of ether oxygens (including phenoxy) is 3. The molecular formula is C20H21ClN6O4. The van der Waals surface area contributed by atoms with Crippen LogP contribution < -0.4 is 36.1 Å². The first-order valence-corrected chi connectivity index (χ1v) is 9.34. The van der Waals surface area contributed by atoms with Crippen LogP contribution >= 0.6 is 11.6 Å². The summed E-state index contributed by atoms with van der Waals surface area (Å²) in [4.78, 5) is 20.7. The number of rotatable bonds is 8. The van der Waals surface area contributed by atoms with Crippen molar-refractivity contribution in [2.45, 2.75) is 0 Å². The van der Waals surface area contributed by atoms with Gasteiger partial charge in [0.05, 0.1) is 37.6 Å². The largest absolute Gasteiger partial charge is 0.496 e. The highest BCUT2D eigenvalue weighted by molar-refractivity contribution is 6.32. The fraction of sp³-hybridized carbons (Fsp3) is 0.150. The Morgan fingerprint density at radius 2 is 1.65 bits per heavy atom. The molecule has 1 aromatic heterocycles. The molecule has 3 aromatic rings. The normalized spacial score (nSPS) is 10.2. The first kappa shape index (κ1) is 21.8. The van der Waals surface area contributed by atoms with E-state index < -0.39 is 5.91 Å². The van der Waals surface area contributed by atoms with Crippen LogP contribution in [0.25, 0.3) is 0 Å². The van der Waals surface area contributed by atoms with Gasteiger partial charge in [-0.2, -0.15) is 0 Å². The van der Waals surface area contributed by atoms with E-state index in [1.165, 1.54) is 27.7 Å². The highest BCUT2D eigenvalue weighted by Gasteiger charge is 2.15. The molecule has 2 aromatic carbocycles. The van der Waals surface area contributed by atoms with E-state index >= 15 is 0 Å². The Kier molecular flexibility index (Phi) is 6.83. The van der Waals surface area contributed by atoms with Crippen LogP contribution in [0.1, 0.15) is 10.4 Å². The average Bonchev–Trinajstić information content (AvgIpc) is 2.79. The number of nitrogens with one attached hydrogen (secondary N) is 3. The Labute approximate surface area is 183 Å². The summed E-state index contributed by atoms with van der Waals surface area (Å²) in [5.74, 6) is 1.42. The van der Waals surface area contributed by atoms with Gasteiger partial charge in [0.1, 0.15) is 29.3 Å². The number of carbonyl (C=O) groups is 1. The lowest BCUT2D eigenvalue weighted by molar-refractivity contribution is 0.0959. The molecule has 0 saturated carbocycles. The Bertz CT molecular complexity index is 1100. The van der Waals surface area contributed by atoms with Gasteiger partial charge >= 0.3 is 0 Å². The van der Waals surface area contributed by atoms with Crippen molar-refractivity contribution in [2.24, 2.45) is 0 Å². The van der Waals surface area contributed by atoms with E-state index in [4.69, 9.17) is 31.5 Å². The molecule has 0 atom stereocenters. The number of nitrogens with two attached hydrogens (primary N) is 1. The molecule has 0 fully saturated rings. The standard InChI is InChI=1S/C20H21ClN6O4/c1-29-14-7-5-4-6-11(14)20(28)27-26-19-17(22)18(23-10-24-19)25-13-8-12(21)15(30-2)9-16(13)31-3/h4-10H,22H2,1-3H3,(H,27,28)(H2,23,24,25,26). The maximum absolute atomic E-state index is 12.5. The summed E-state index contributed by atoms with van der Waals surface area (Å²) in [6.07, 6.45) is 1.29. The van der Waals surface area contributed by atoms with Gasteiger partial charge in [-0.1, -0.05) is 23.7 Å².